The van der Waals surface area contributed by atoms with Crippen LogP contribution in [0.3, 0.4) is 0 Å². The van der Waals surface area contributed by atoms with Crippen LogP contribution in [0.2, 0.25) is 0 Å². The first-order chi connectivity index (χ1) is 9.66. The van der Waals surface area contributed by atoms with Crippen molar-refractivity contribution in [3.63, 3.8) is 0 Å². The molecule has 0 spiro atoms. The van der Waals surface area contributed by atoms with Gasteiger partial charge in [0.15, 0.2) is 9.84 Å². The Balaban J connectivity index is 2.83. The van der Waals surface area contributed by atoms with Gasteiger partial charge in [0.1, 0.15) is 4.21 Å². The summed E-state index contributed by atoms with van der Waals surface area (Å²) in [6.45, 7) is 3.53. The van der Waals surface area contributed by atoms with Crippen LogP contribution in [0, 0.1) is 5.41 Å². The third kappa shape index (κ3) is 4.04. The Bertz CT molecular complexity index is 629. The van der Waals surface area contributed by atoms with E-state index in [2.05, 4.69) is 5.32 Å². The maximum absolute atomic E-state index is 12.0. The van der Waals surface area contributed by atoms with Crippen molar-refractivity contribution < 1.29 is 23.1 Å². The highest BCUT2D eigenvalue weighted by molar-refractivity contribution is 7.92. The van der Waals surface area contributed by atoms with Crippen LogP contribution in [-0.2, 0) is 14.6 Å². The van der Waals surface area contributed by atoms with Crippen LogP contribution in [-0.4, -0.2) is 38.2 Å². The Morgan fingerprint density at radius 2 is 1.90 bits per heavy atom. The molecule has 2 N–H and O–H groups in total. The van der Waals surface area contributed by atoms with E-state index >= 15 is 0 Å². The zero-order chi connectivity index (χ0) is 16.3. The lowest BCUT2D eigenvalue weighted by molar-refractivity contribution is -0.149. The third-order valence-corrected chi connectivity index (χ3v) is 6.37. The van der Waals surface area contributed by atoms with Crippen molar-refractivity contribution in [3.8, 4) is 0 Å². The summed E-state index contributed by atoms with van der Waals surface area (Å²) in [7, 11) is -3.34. The molecule has 1 aromatic heterocycles. The molecule has 0 radical (unpaired) electrons. The fraction of sp³-hybridized carbons (Fsp3) is 0.538. The largest absolute Gasteiger partial charge is 0.481 e. The number of carbonyl (C=O) groups is 2. The highest BCUT2D eigenvalue weighted by Crippen LogP contribution is 2.26. The quantitative estimate of drug-likeness (QED) is 0.792. The van der Waals surface area contributed by atoms with Gasteiger partial charge in [-0.3, -0.25) is 9.59 Å². The summed E-state index contributed by atoms with van der Waals surface area (Å²) in [6, 6.07) is 1.30. The second kappa shape index (κ2) is 6.57. The van der Waals surface area contributed by atoms with Crippen LogP contribution in [0.5, 0.6) is 0 Å². The molecule has 0 aliphatic rings. The monoisotopic (exact) mass is 333 g/mol. The molecule has 118 valence electrons. The summed E-state index contributed by atoms with van der Waals surface area (Å²) in [5, 5.41) is 13.3. The fourth-order valence-electron chi connectivity index (χ4n) is 1.86. The number of thiophene rings is 1. The molecule has 0 saturated carbocycles. The Hall–Kier alpha value is -1.41. The minimum absolute atomic E-state index is 0.0121. The molecule has 6 nitrogen and oxygen atoms in total. The van der Waals surface area contributed by atoms with Gasteiger partial charge in [-0.15, -0.1) is 11.3 Å². The number of aliphatic carboxylic acids is 1. The first-order valence-corrected chi connectivity index (χ1v) is 9.23. The van der Waals surface area contributed by atoms with E-state index in [0.29, 0.717) is 12.8 Å². The topological polar surface area (TPSA) is 101 Å². The molecule has 0 unspecified atom stereocenters. The van der Waals surface area contributed by atoms with E-state index < -0.39 is 27.1 Å². The minimum Gasteiger partial charge on any atom is -0.481 e. The van der Waals surface area contributed by atoms with Gasteiger partial charge in [-0.25, -0.2) is 8.42 Å². The van der Waals surface area contributed by atoms with Crippen LogP contribution in [0.15, 0.2) is 15.7 Å². The van der Waals surface area contributed by atoms with Gasteiger partial charge in [-0.2, -0.15) is 0 Å². The molecule has 1 amide bonds. The van der Waals surface area contributed by atoms with Crippen molar-refractivity contribution in [1.29, 1.82) is 0 Å². The maximum atomic E-state index is 12.0. The summed E-state index contributed by atoms with van der Waals surface area (Å²) < 4.78 is 22.9. The van der Waals surface area contributed by atoms with E-state index in [9.17, 15) is 23.1 Å². The van der Waals surface area contributed by atoms with Gasteiger partial charge in [0.05, 0.1) is 11.0 Å². The molecule has 8 heteroatoms. The molecule has 0 aliphatic heterocycles. The summed E-state index contributed by atoms with van der Waals surface area (Å²) >= 11 is 0.971. The number of carboxylic acids is 1. The number of carboxylic acid groups (broad SMARTS) is 1. The number of amides is 1. The Morgan fingerprint density at radius 1 is 1.33 bits per heavy atom. The van der Waals surface area contributed by atoms with E-state index in [0.717, 1.165) is 17.6 Å². The lowest BCUT2D eigenvalue weighted by Crippen LogP contribution is -2.42. The zero-order valence-electron chi connectivity index (χ0n) is 12.2. The molecule has 0 atom stereocenters. The number of sulfone groups is 1. The summed E-state index contributed by atoms with van der Waals surface area (Å²) in [5.74, 6) is -1.41. The van der Waals surface area contributed by atoms with Crippen molar-refractivity contribution in [1.82, 2.24) is 5.32 Å². The maximum Gasteiger partial charge on any atom is 0.311 e. The summed E-state index contributed by atoms with van der Waals surface area (Å²) in [5.41, 5.74) is -0.766. The molecule has 1 aromatic rings. The average molecular weight is 333 g/mol. The zero-order valence-corrected chi connectivity index (χ0v) is 13.8. The highest BCUT2D eigenvalue weighted by atomic mass is 32.2. The number of nitrogens with one attached hydrogen (secondary N) is 1. The van der Waals surface area contributed by atoms with E-state index in [1.54, 1.807) is 13.8 Å². The van der Waals surface area contributed by atoms with E-state index in [4.69, 9.17) is 0 Å². The summed E-state index contributed by atoms with van der Waals surface area (Å²) in [6.07, 6.45) is 1.87. The van der Waals surface area contributed by atoms with Gasteiger partial charge in [-0.05, 0) is 18.9 Å². The van der Waals surface area contributed by atoms with Gasteiger partial charge in [0.25, 0.3) is 5.91 Å². The molecular formula is C13H19NO5S2. The lowest BCUT2D eigenvalue weighted by atomic mass is 9.82. The first kappa shape index (κ1) is 17.6. The smallest absolute Gasteiger partial charge is 0.311 e. The van der Waals surface area contributed by atoms with Crippen LogP contribution in [0.1, 0.15) is 37.0 Å². The molecule has 1 rings (SSSR count). The van der Waals surface area contributed by atoms with E-state index in [1.807, 2.05) is 0 Å². The summed E-state index contributed by atoms with van der Waals surface area (Å²) in [4.78, 5) is 23.3. The van der Waals surface area contributed by atoms with E-state index in [-0.39, 0.29) is 16.3 Å². The molecular weight excluding hydrogens is 314 g/mol. The average Bonchev–Trinajstić information content (AvgIpc) is 2.89. The Labute approximate surface area is 128 Å². The normalized spacial score (nSPS) is 12.1. The molecule has 0 fully saturated rings. The van der Waals surface area contributed by atoms with Gasteiger partial charge in [0, 0.05) is 18.2 Å². The van der Waals surface area contributed by atoms with Crippen LogP contribution < -0.4 is 5.32 Å². The van der Waals surface area contributed by atoms with Crippen LogP contribution in [0.25, 0.3) is 0 Å². The SMILES string of the molecule is CCC(CC)(CNC(=O)c1csc(S(C)(=O)=O)c1)C(=O)O. The van der Waals surface area contributed by atoms with Crippen LogP contribution in [0.4, 0.5) is 0 Å². The van der Waals surface area contributed by atoms with E-state index in [1.165, 1.54) is 11.4 Å². The molecule has 0 saturated heterocycles. The Morgan fingerprint density at radius 3 is 2.29 bits per heavy atom. The second-order valence-corrected chi connectivity index (χ2v) is 8.06. The van der Waals surface area contributed by atoms with Gasteiger partial charge in [0.2, 0.25) is 0 Å². The van der Waals surface area contributed by atoms with Crippen molar-refractivity contribution in [2.75, 3.05) is 12.8 Å². The third-order valence-electron chi connectivity index (χ3n) is 3.60. The van der Waals surface area contributed by atoms with Crippen molar-refractivity contribution in [2.45, 2.75) is 30.9 Å². The minimum atomic E-state index is -3.34. The van der Waals surface area contributed by atoms with Gasteiger partial charge in [-0.1, -0.05) is 13.8 Å². The number of carbonyl (C=O) groups excluding carboxylic acids is 1. The predicted octanol–water partition coefficient (Wildman–Crippen LogP) is 1.77. The van der Waals surface area contributed by atoms with Crippen molar-refractivity contribution >= 4 is 33.1 Å². The Kier molecular flexibility index (Phi) is 5.52. The molecule has 0 aromatic carbocycles. The predicted molar refractivity (Wildman–Crippen MR) is 80.4 cm³/mol. The molecule has 1 heterocycles. The number of rotatable bonds is 7. The standard InChI is InChI=1S/C13H19NO5S2/c1-4-13(5-2,12(16)17)8-14-11(15)9-6-10(20-7-9)21(3,18)19/h6-7H,4-5,8H2,1-3H3,(H,14,15)(H,16,17). The molecule has 0 aliphatic carbocycles. The number of hydrogen-bond donors (Lipinski definition) is 2. The fourth-order valence-corrected chi connectivity index (χ4v) is 3.66. The van der Waals surface area contributed by atoms with Crippen molar-refractivity contribution in [3.05, 3.63) is 17.0 Å². The van der Waals surface area contributed by atoms with Crippen LogP contribution >= 0.6 is 11.3 Å². The van der Waals surface area contributed by atoms with Crippen molar-refractivity contribution in [2.24, 2.45) is 5.41 Å². The highest BCUT2D eigenvalue weighted by Gasteiger charge is 2.35. The lowest BCUT2D eigenvalue weighted by Gasteiger charge is -2.26. The second-order valence-electron chi connectivity index (χ2n) is 4.90. The molecule has 0 bridgehead atoms. The first-order valence-electron chi connectivity index (χ1n) is 6.46. The molecule has 21 heavy (non-hydrogen) atoms. The van der Waals surface area contributed by atoms with Gasteiger partial charge >= 0.3 is 5.97 Å². The van der Waals surface area contributed by atoms with Gasteiger partial charge < -0.3 is 10.4 Å². The number of hydrogen-bond acceptors (Lipinski definition) is 5.